The molecule has 0 atom stereocenters. The molecule has 0 aliphatic heterocycles. The second-order valence-corrected chi connectivity index (χ2v) is 6.75. The van der Waals surface area contributed by atoms with Gasteiger partial charge in [-0.1, -0.05) is 12.1 Å². The molecule has 3 aromatic carbocycles. The lowest BCUT2D eigenvalue weighted by atomic mass is 10.1. The molecule has 30 heavy (non-hydrogen) atoms. The van der Waals surface area contributed by atoms with Crippen LogP contribution >= 0.6 is 0 Å². The third-order valence-electron chi connectivity index (χ3n) is 5.12. The summed E-state index contributed by atoms with van der Waals surface area (Å²) >= 11 is 0. The number of imidazole rings is 1. The van der Waals surface area contributed by atoms with Crippen molar-refractivity contribution in [3.05, 3.63) is 66.2 Å². The van der Waals surface area contributed by atoms with Crippen molar-refractivity contribution >= 4 is 11.0 Å². The van der Waals surface area contributed by atoms with Crippen LogP contribution in [0.4, 0.5) is 0 Å². The molecular weight excluding hydrogens is 380 g/mol. The molecule has 0 N–H and O–H groups in total. The number of ether oxygens (including phenoxy) is 4. The zero-order valence-corrected chi connectivity index (χ0v) is 17.5. The Morgan fingerprint density at radius 1 is 0.733 bits per heavy atom. The quantitative estimate of drug-likeness (QED) is 0.443. The molecule has 0 radical (unpaired) electrons. The molecule has 1 heterocycles. The number of benzene rings is 3. The van der Waals surface area contributed by atoms with Crippen LogP contribution in [0.5, 0.6) is 23.0 Å². The maximum atomic E-state index is 5.63. The van der Waals surface area contributed by atoms with E-state index in [0.29, 0.717) is 6.54 Å². The predicted molar refractivity (Wildman–Crippen MR) is 117 cm³/mol. The lowest BCUT2D eigenvalue weighted by Crippen LogP contribution is -2.05. The van der Waals surface area contributed by atoms with Crippen LogP contribution in [0.1, 0.15) is 5.56 Å². The molecule has 0 bridgehead atoms. The van der Waals surface area contributed by atoms with E-state index in [1.807, 2.05) is 54.6 Å². The Kier molecular flexibility index (Phi) is 5.48. The molecule has 0 aliphatic carbocycles. The Bertz CT molecular complexity index is 1180. The maximum absolute atomic E-state index is 5.63. The zero-order valence-electron chi connectivity index (χ0n) is 17.5. The standard InChI is InChI=1S/C24H24N2O4/c1-27-17-9-11-22(29-3)16(13-17)15-26-21-8-6-5-7-20(21)25-24(26)19-14-18(28-2)10-12-23(19)30-4/h5-14H,15H2,1-4H3. The first-order chi connectivity index (χ1) is 14.7. The fraction of sp³-hybridized carbons (Fsp3) is 0.208. The third kappa shape index (κ3) is 3.52. The van der Waals surface area contributed by atoms with Crippen LogP contribution in [0.25, 0.3) is 22.4 Å². The zero-order chi connectivity index (χ0) is 21.1. The van der Waals surface area contributed by atoms with Gasteiger partial charge in [-0.05, 0) is 48.5 Å². The fourth-order valence-electron chi connectivity index (χ4n) is 3.61. The molecule has 4 aromatic rings. The summed E-state index contributed by atoms with van der Waals surface area (Å²) in [6.07, 6.45) is 0. The van der Waals surface area contributed by atoms with Gasteiger partial charge in [0.1, 0.15) is 28.8 Å². The highest BCUT2D eigenvalue weighted by Crippen LogP contribution is 2.36. The van der Waals surface area contributed by atoms with Gasteiger partial charge < -0.3 is 23.5 Å². The Morgan fingerprint density at radius 2 is 1.40 bits per heavy atom. The van der Waals surface area contributed by atoms with Gasteiger partial charge in [-0.2, -0.15) is 0 Å². The van der Waals surface area contributed by atoms with E-state index in [9.17, 15) is 0 Å². The Balaban J connectivity index is 1.94. The molecule has 0 fully saturated rings. The number of methoxy groups -OCH3 is 4. The molecule has 0 saturated carbocycles. The van der Waals surface area contributed by atoms with Crippen LogP contribution in [0.15, 0.2) is 60.7 Å². The number of para-hydroxylation sites is 2. The Morgan fingerprint density at radius 3 is 2.10 bits per heavy atom. The molecule has 6 heteroatoms. The van der Waals surface area contributed by atoms with Gasteiger partial charge in [0.2, 0.25) is 0 Å². The van der Waals surface area contributed by atoms with Crippen LogP contribution < -0.4 is 18.9 Å². The second kappa shape index (κ2) is 8.37. The van der Waals surface area contributed by atoms with E-state index in [1.54, 1.807) is 28.4 Å². The van der Waals surface area contributed by atoms with E-state index in [0.717, 1.165) is 51.0 Å². The van der Waals surface area contributed by atoms with Crippen molar-refractivity contribution in [2.45, 2.75) is 6.54 Å². The van der Waals surface area contributed by atoms with Crippen LogP contribution in [0, 0.1) is 0 Å². The van der Waals surface area contributed by atoms with Crippen molar-refractivity contribution in [3.63, 3.8) is 0 Å². The summed E-state index contributed by atoms with van der Waals surface area (Å²) in [5.74, 6) is 3.82. The summed E-state index contributed by atoms with van der Waals surface area (Å²) in [7, 11) is 6.63. The first-order valence-electron chi connectivity index (χ1n) is 9.57. The average Bonchev–Trinajstić information content (AvgIpc) is 3.16. The van der Waals surface area contributed by atoms with E-state index < -0.39 is 0 Å². The summed E-state index contributed by atoms with van der Waals surface area (Å²) in [6, 6.07) is 19.6. The van der Waals surface area contributed by atoms with Gasteiger partial charge in [0.05, 0.1) is 51.6 Å². The van der Waals surface area contributed by atoms with Gasteiger partial charge in [-0.15, -0.1) is 0 Å². The van der Waals surface area contributed by atoms with Gasteiger partial charge in [-0.3, -0.25) is 0 Å². The molecule has 4 rings (SSSR count). The molecule has 6 nitrogen and oxygen atoms in total. The number of nitrogens with zero attached hydrogens (tertiary/aromatic N) is 2. The van der Waals surface area contributed by atoms with Crippen LogP contribution in [0.2, 0.25) is 0 Å². The number of rotatable bonds is 7. The van der Waals surface area contributed by atoms with E-state index in [-0.39, 0.29) is 0 Å². The predicted octanol–water partition coefficient (Wildman–Crippen LogP) is 4.79. The molecule has 1 aromatic heterocycles. The van der Waals surface area contributed by atoms with Crippen LogP contribution in [-0.4, -0.2) is 38.0 Å². The van der Waals surface area contributed by atoms with Gasteiger partial charge >= 0.3 is 0 Å². The average molecular weight is 404 g/mol. The highest BCUT2D eigenvalue weighted by atomic mass is 16.5. The van der Waals surface area contributed by atoms with Crippen molar-refractivity contribution in [2.24, 2.45) is 0 Å². The van der Waals surface area contributed by atoms with E-state index >= 15 is 0 Å². The first-order valence-corrected chi connectivity index (χ1v) is 9.57. The van der Waals surface area contributed by atoms with Crippen LogP contribution in [0.3, 0.4) is 0 Å². The second-order valence-electron chi connectivity index (χ2n) is 6.75. The van der Waals surface area contributed by atoms with Gasteiger partial charge in [-0.25, -0.2) is 4.98 Å². The van der Waals surface area contributed by atoms with E-state index in [2.05, 4.69) is 10.6 Å². The fourth-order valence-corrected chi connectivity index (χ4v) is 3.61. The lowest BCUT2D eigenvalue weighted by molar-refractivity contribution is 0.397. The number of hydrogen-bond donors (Lipinski definition) is 0. The Labute approximate surface area is 175 Å². The summed E-state index contributed by atoms with van der Waals surface area (Å²) in [6.45, 7) is 0.552. The van der Waals surface area contributed by atoms with Gasteiger partial charge in [0, 0.05) is 5.56 Å². The minimum Gasteiger partial charge on any atom is -0.497 e. The summed E-state index contributed by atoms with van der Waals surface area (Å²) in [5, 5.41) is 0. The summed E-state index contributed by atoms with van der Waals surface area (Å²) < 4.78 is 24.3. The van der Waals surface area contributed by atoms with Crippen molar-refractivity contribution in [3.8, 4) is 34.4 Å². The molecule has 154 valence electrons. The van der Waals surface area contributed by atoms with Gasteiger partial charge in [0.25, 0.3) is 0 Å². The number of hydrogen-bond acceptors (Lipinski definition) is 5. The highest BCUT2D eigenvalue weighted by Gasteiger charge is 2.19. The van der Waals surface area contributed by atoms with Crippen molar-refractivity contribution in [1.29, 1.82) is 0 Å². The number of aromatic nitrogens is 2. The van der Waals surface area contributed by atoms with Gasteiger partial charge in [0.15, 0.2) is 0 Å². The third-order valence-corrected chi connectivity index (χ3v) is 5.12. The SMILES string of the molecule is COc1ccc(OC)c(Cn2c(-c3cc(OC)ccc3OC)nc3ccccc32)c1. The summed E-state index contributed by atoms with van der Waals surface area (Å²) in [4.78, 5) is 4.92. The molecule has 0 spiro atoms. The van der Waals surface area contributed by atoms with E-state index in [4.69, 9.17) is 23.9 Å². The topological polar surface area (TPSA) is 54.7 Å². The van der Waals surface area contributed by atoms with Crippen LogP contribution in [-0.2, 0) is 6.54 Å². The molecular formula is C24H24N2O4. The minimum atomic E-state index is 0.552. The monoisotopic (exact) mass is 404 g/mol. The van der Waals surface area contributed by atoms with E-state index in [1.165, 1.54) is 0 Å². The smallest absolute Gasteiger partial charge is 0.145 e. The maximum Gasteiger partial charge on any atom is 0.145 e. The first kappa shape index (κ1) is 19.6. The molecule has 0 aliphatic rings. The van der Waals surface area contributed by atoms with Crippen molar-refractivity contribution in [2.75, 3.05) is 28.4 Å². The normalized spacial score (nSPS) is 10.8. The molecule has 0 unspecified atom stereocenters. The molecule has 0 amide bonds. The number of fused-ring (bicyclic) bond motifs is 1. The Hall–Kier alpha value is -3.67. The molecule has 0 saturated heterocycles. The van der Waals surface area contributed by atoms with Crippen molar-refractivity contribution in [1.82, 2.24) is 9.55 Å². The largest absolute Gasteiger partial charge is 0.497 e. The lowest BCUT2D eigenvalue weighted by Gasteiger charge is -2.15. The van der Waals surface area contributed by atoms with Crippen molar-refractivity contribution < 1.29 is 18.9 Å². The highest BCUT2D eigenvalue weighted by molar-refractivity contribution is 5.82. The summed E-state index contributed by atoms with van der Waals surface area (Å²) in [5.41, 5.74) is 3.76. The minimum absolute atomic E-state index is 0.552.